The first-order valence-corrected chi connectivity index (χ1v) is 6.56. The van der Waals surface area contributed by atoms with Crippen molar-refractivity contribution in [3.63, 3.8) is 0 Å². The average molecular weight is 297 g/mol. The van der Waals surface area contributed by atoms with Gasteiger partial charge in [0.05, 0.1) is 18.1 Å². The Morgan fingerprint density at radius 1 is 1.48 bits per heavy atom. The molecule has 1 aromatic rings. The van der Waals surface area contributed by atoms with Gasteiger partial charge in [-0.1, -0.05) is 0 Å². The van der Waals surface area contributed by atoms with Crippen LogP contribution in [0.5, 0.6) is 0 Å². The van der Waals surface area contributed by atoms with Gasteiger partial charge in [0.2, 0.25) is 5.91 Å². The molecule has 1 saturated heterocycles. The lowest BCUT2D eigenvalue weighted by molar-refractivity contribution is -0.384. The van der Waals surface area contributed by atoms with Crippen LogP contribution in [-0.4, -0.2) is 48.1 Å². The Morgan fingerprint density at radius 2 is 2.14 bits per heavy atom. The van der Waals surface area contributed by atoms with Crippen molar-refractivity contribution >= 4 is 17.3 Å². The molecule has 8 heteroatoms. The Bertz CT molecular complexity index is 546. The van der Waals surface area contributed by atoms with Crippen LogP contribution in [0.1, 0.15) is 6.92 Å². The molecular weight excluding hydrogens is 281 g/mol. The van der Waals surface area contributed by atoms with Crippen LogP contribution in [0.25, 0.3) is 0 Å². The molecule has 0 spiro atoms. The van der Waals surface area contributed by atoms with Gasteiger partial charge in [-0.3, -0.25) is 14.9 Å². The SMILES string of the molecule is CC(Nc1cc(F)ccc1[N+](=O)[O-])C(=O)N1CCOCC1. The number of hydrogen-bond acceptors (Lipinski definition) is 5. The number of anilines is 1. The maximum Gasteiger partial charge on any atom is 0.292 e. The van der Waals surface area contributed by atoms with Crippen molar-refractivity contribution in [3.8, 4) is 0 Å². The molecule has 0 aliphatic carbocycles. The number of nitrogens with zero attached hydrogens (tertiary/aromatic N) is 2. The highest BCUT2D eigenvalue weighted by molar-refractivity contribution is 5.85. The second-order valence-corrected chi connectivity index (χ2v) is 4.72. The van der Waals surface area contributed by atoms with E-state index in [9.17, 15) is 19.3 Å². The highest BCUT2D eigenvalue weighted by atomic mass is 19.1. The Balaban J connectivity index is 2.11. The van der Waals surface area contributed by atoms with Crippen LogP contribution in [0.3, 0.4) is 0 Å². The molecule has 1 heterocycles. The lowest BCUT2D eigenvalue weighted by Crippen LogP contribution is -2.47. The van der Waals surface area contributed by atoms with Crippen LogP contribution in [0, 0.1) is 15.9 Å². The smallest absolute Gasteiger partial charge is 0.292 e. The van der Waals surface area contributed by atoms with Crippen LogP contribution < -0.4 is 5.32 Å². The van der Waals surface area contributed by atoms with Gasteiger partial charge < -0.3 is 15.0 Å². The van der Waals surface area contributed by atoms with Crippen molar-refractivity contribution in [2.75, 3.05) is 31.6 Å². The van der Waals surface area contributed by atoms with E-state index in [1.54, 1.807) is 11.8 Å². The zero-order chi connectivity index (χ0) is 15.4. The largest absolute Gasteiger partial charge is 0.378 e. The molecule has 0 saturated carbocycles. The third-order valence-electron chi connectivity index (χ3n) is 3.22. The molecule has 1 amide bonds. The van der Waals surface area contributed by atoms with Gasteiger partial charge in [0, 0.05) is 25.2 Å². The number of hydrogen-bond donors (Lipinski definition) is 1. The van der Waals surface area contributed by atoms with E-state index < -0.39 is 16.8 Å². The first-order chi connectivity index (χ1) is 9.99. The van der Waals surface area contributed by atoms with E-state index in [1.165, 1.54) is 0 Å². The Hall–Kier alpha value is -2.22. The first-order valence-electron chi connectivity index (χ1n) is 6.56. The number of nitro groups is 1. The number of nitro benzene ring substituents is 1. The van der Waals surface area contributed by atoms with Gasteiger partial charge >= 0.3 is 0 Å². The molecule has 1 atom stereocenters. The van der Waals surface area contributed by atoms with Gasteiger partial charge in [0.15, 0.2) is 0 Å². The molecule has 1 fully saturated rings. The number of carbonyl (C=O) groups excluding carboxylic acids is 1. The van der Waals surface area contributed by atoms with Crippen molar-refractivity contribution < 1.29 is 18.8 Å². The number of carbonyl (C=O) groups is 1. The molecule has 1 unspecified atom stereocenters. The molecule has 1 N–H and O–H groups in total. The van der Waals surface area contributed by atoms with Crippen LogP contribution in [0.4, 0.5) is 15.8 Å². The molecule has 1 aliphatic rings. The number of rotatable bonds is 4. The Kier molecular flexibility index (Phi) is 4.69. The van der Waals surface area contributed by atoms with E-state index in [4.69, 9.17) is 4.74 Å². The zero-order valence-corrected chi connectivity index (χ0v) is 11.5. The van der Waals surface area contributed by atoms with Gasteiger partial charge in [0.1, 0.15) is 17.5 Å². The molecule has 0 radical (unpaired) electrons. The molecule has 1 aromatic carbocycles. The molecule has 2 rings (SSSR count). The third kappa shape index (κ3) is 3.66. The van der Waals surface area contributed by atoms with Crippen molar-refractivity contribution in [2.45, 2.75) is 13.0 Å². The lowest BCUT2D eigenvalue weighted by atomic mass is 10.2. The highest BCUT2D eigenvalue weighted by Crippen LogP contribution is 2.25. The lowest BCUT2D eigenvalue weighted by Gasteiger charge is -2.29. The summed E-state index contributed by atoms with van der Waals surface area (Å²) in [6.45, 7) is 3.50. The van der Waals surface area contributed by atoms with E-state index in [0.29, 0.717) is 26.3 Å². The quantitative estimate of drug-likeness (QED) is 0.670. The molecule has 114 valence electrons. The van der Waals surface area contributed by atoms with Crippen molar-refractivity contribution in [1.29, 1.82) is 0 Å². The number of morpholine rings is 1. The minimum atomic E-state index is -0.691. The van der Waals surface area contributed by atoms with Crippen LogP contribution in [-0.2, 0) is 9.53 Å². The fourth-order valence-electron chi connectivity index (χ4n) is 2.14. The van der Waals surface area contributed by atoms with Gasteiger partial charge in [-0.25, -0.2) is 4.39 Å². The van der Waals surface area contributed by atoms with E-state index in [1.807, 2.05) is 0 Å². The maximum absolute atomic E-state index is 13.2. The summed E-state index contributed by atoms with van der Waals surface area (Å²) in [6, 6.07) is 2.41. The predicted octanol–water partition coefficient (Wildman–Crippen LogP) is 1.39. The number of nitrogens with one attached hydrogen (secondary N) is 1. The standard InChI is InChI=1S/C13H16FN3O4/c1-9(13(18)16-4-6-21-7-5-16)15-11-8-10(14)2-3-12(11)17(19)20/h2-3,8-9,15H,4-7H2,1H3. The van der Waals surface area contributed by atoms with Gasteiger partial charge in [-0.15, -0.1) is 0 Å². The third-order valence-corrected chi connectivity index (χ3v) is 3.22. The minimum absolute atomic E-state index is 0.00545. The molecule has 0 aromatic heterocycles. The normalized spacial score (nSPS) is 16.4. The summed E-state index contributed by atoms with van der Waals surface area (Å²) >= 11 is 0. The summed E-state index contributed by atoms with van der Waals surface area (Å²) < 4.78 is 18.4. The zero-order valence-electron chi connectivity index (χ0n) is 11.5. The second-order valence-electron chi connectivity index (χ2n) is 4.72. The summed E-state index contributed by atoms with van der Waals surface area (Å²) in [5, 5.41) is 13.6. The Labute approximate surface area is 120 Å². The number of amides is 1. The molecule has 21 heavy (non-hydrogen) atoms. The summed E-state index contributed by atoms with van der Waals surface area (Å²) in [4.78, 5) is 24.1. The predicted molar refractivity (Wildman–Crippen MR) is 73.5 cm³/mol. The van der Waals surface area contributed by atoms with Crippen LogP contribution in [0.15, 0.2) is 18.2 Å². The minimum Gasteiger partial charge on any atom is -0.378 e. The number of benzene rings is 1. The first kappa shape index (κ1) is 15.2. The van der Waals surface area contributed by atoms with Gasteiger partial charge in [0.25, 0.3) is 5.69 Å². The van der Waals surface area contributed by atoms with Crippen LogP contribution >= 0.6 is 0 Å². The van der Waals surface area contributed by atoms with E-state index in [-0.39, 0.29) is 17.3 Å². The fourth-order valence-corrected chi connectivity index (χ4v) is 2.14. The average Bonchev–Trinajstić information content (AvgIpc) is 2.47. The number of halogens is 1. The van der Waals surface area contributed by atoms with Crippen molar-refractivity contribution in [2.24, 2.45) is 0 Å². The van der Waals surface area contributed by atoms with Crippen molar-refractivity contribution in [3.05, 3.63) is 34.1 Å². The monoisotopic (exact) mass is 297 g/mol. The molecule has 1 aliphatic heterocycles. The van der Waals surface area contributed by atoms with Gasteiger partial charge in [-0.2, -0.15) is 0 Å². The second kappa shape index (κ2) is 6.49. The number of ether oxygens (including phenoxy) is 1. The summed E-state index contributed by atoms with van der Waals surface area (Å²) in [6.07, 6.45) is 0. The molecule has 7 nitrogen and oxygen atoms in total. The van der Waals surface area contributed by atoms with E-state index >= 15 is 0 Å². The topological polar surface area (TPSA) is 84.7 Å². The van der Waals surface area contributed by atoms with Crippen LogP contribution in [0.2, 0.25) is 0 Å². The summed E-state index contributed by atoms with van der Waals surface area (Å²) in [7, 11) is 0. The molecule has 0 bridgehead atoms. The van der Waals surface area contributed by atoms with E-state index in [0.717, 1.165) is 18.2 Å². The maximum atomic E-state index is 13.2. The molecular formula is C13H16FN3O4. The van der Waals surface area contributed by atoms with Crippen molar-refractivity contribution in [1.82, 2.24) is 4.90 Å². The van der Waals surface area contributed by atoms with Gasteiger partial charge in [-0.05, 0) is 13.0 Å². The van der Waals surface area contributed by atoms with E-state index in [2.05, 4.69) is 5.32 Å². The summed E-state index contributed by atoms with van der Waals surface area (Å²) in [5.41, 5.74) is -0.271. The Morgan fingerprint density at radius 3 is 2.76 bits per heavy atom. The summed E-state index contributed by atoms with van der Waals surface area (Å²) in [5.74, 6) is -0.800. The highest BCUT2D eigenvalue weighted by Gasteiger charge is 2.24. The fraction of sp³-hybridized carbons (Fsp3) is 0.462.